The van der Waals surface area contributed by atoms with E-state index in [2.05, 4.69) is 10.3 Å². The van der Waals surface area contributed by atoms with E-state index in [4.69, 9.17) is 18.9 Å². The predicted molar refractivity (Wildman–Crippen MR) is 107 cm³/mol. The van der Waals surface area contributed by atoms with E-state index < -0.39 is 30.3 Å². The third-order valence-corrected chi connectivity index (χ3v) is 4.54. The number of hydrogen-bond acceptors (Lipinski definition) is 9. The van der Waals surface area contributed by atoms with Crippen molar-refractivity contribution in [1.29, 1.82) is 0 Å². The van der Waals surface area contributed by atoms with E-state index in [1.807, 2.05) is 0 Å². The Balaban J connectivity index is 2.12. The molecule has 2 aromatic rings. The van der Waals surface area contributed by atoms with Crippen LogP contribution in [0.15, 0.2) is 48.4 Å². The number of benzene rings is 1. The highest BCUT2D eigenvalue weighted by molar-refractivity contribution is 6.44. The number of aliphatic hydroxyl groups excluding tert-OH is 1. The van der Waals surface area contributed by atoms with Crippen molar-refractivity contribution in [3.63, 3.8) is 0 Å². The minimum atomic E-state index is -1.24. The molecule has 2 heterocycles. The Labute approximate surface area is 173 Å². The lowest BCUT2D eigenvalue weighted by atomic mass is 9.94. The van der Waals surface area contributed by atoms with Gasteiger partial charge in [-0.05, 0) is 29.8 Å². The number of nitrogens with one attached hydrogen (secondary N) is 1. The first kappa shape index (κ1) is 21.1. The van der Waals surface area contributed by atoms with E-state index in [-0.39, 0.29) is 5.76 Å². The number of nitrogens with zero attached hydrogens (tertiary/aromatic N) is 1. The summed E-state index contributed by atoms with van der Waals surface area (Å²) in [6.45, 7) is -0.513. The zero-order valence-electron chi connectivity index (χ0n) is 16.7. The van der Waals surface area contributed by atoms with Crippen molar-refractivity contribution in [3.8, 4) is 17.2 Å². The van der Waals surface area contributed by atoms with E-state index in [9.17, 15) is 14.7 Å². The minimum Gasteiger partial charge on any atom is -0.493 e. The quantitative estimate of drug-likeness (QED) is 0.622. The Kier molecular flexibility index (Phi) is 6.53. The van der Waals surface area contributed by atoms with Crippen LogP contribution in [0.4, 0.5) is 5.82 Å². The molecule has 2 N–H and O–H groups in total. The van der Waals surface area contributed by atoms with Crippen LogP contribution in [0, 0.1) is 0 Å². The Bertz CT molecular complexity index is 934. The molecule has 2 atom stereocenters. The molecule has 0 saturated carbocycles. The number of aromatic nitrogens is 1. The molecule has 1 aliphatic heterocycles. The summed E-state index contributed by atoms with van der Waals surface area (Å²) in [5, 5.41) is 12.6. The van der Waals surface area contributed by atoms with Gasteiger partial charge in [-0.1, -0.05) is 6.07 Å². The molecule has 9 nitrogen and oxygen atoms in total. The summed E-state index contributed by atoms with van der Waals surface area (Å²) >= 11 is 0. The predicted octanol–water partition coefficient (Wildman–Crippen LogP) is 1.67. The minimum absolute atomic E-state index is 0.00450. The maximum absolute atomic E-state index is 12.7. The molecular formula is C21H22N2O7. The highest BCUT2D eigenvalue weighted by Gasteiger charge is 2.39. The molecule has 0 aliphatic carbocycles. The Hall–Kier alpha value is -3.59. The number of allylic oxidation sites excluding steroid dienone is 1. The molecule has 0 spiro atoms. The summed E-state index contributed by atoms with van der Waals surface area (Å²) in [4.78, 5) is 29.1. The first-order valence-electron chi connectivity index (χ1n) is 9.06. The van der Waals surface area contributed by atoms with Crippen LogP contribution >= 0.6 is 0 Å². The fourth-order valence-electron chi connectivity index (χ4n) is 3.13. The van der Waals surface area contributed by atoms with Gasteiger partial charge in [-0.25, -0.2) is 4.98 Å². The van der Waals surface area contributed by atoms with E-state index in [1.165, 1.54) is 21.3 Å². The van der Waals surface area contributed by atoms with Gasteiger partial charge in [0.05, 0.1) is 27.4 Å². The molecule has 30 heavy (non-hydrogen) atoms. The second-order valence-corrected chi connectivity index (χ2v) is 6.33. The third kappa shape index (κ3) is 4.20. The lowest BCUT2D eigenvalue weighted by molar-refractivity contribution is -0.142. The van der Waals surface area contributed by atoms with Gasteiger partial charge in [-0.2, -0.15) is 0 Å². The van der Waals surface area contributed by atoms with Crippen molar-refractivity contribution >= 4 is 17.4 Å². The first-order valence-corrected chi connectivity index (χ1v) is 9.06. The van der Waals surface area contributed by atoms with E-state index in [0.29, 0.717) is 28.6 Å². The second kappa shape index (κ2) is 9.27. The van der Waals surface area contributed by atoms with Crippen LogP contribution in [0.3, 0.4) is 0 Å². The highest BCUT2D eigenvalue weighted by atomic mass is 16.5. The van der Waals surface area contributed by atoms with Gasteiger partial charge >= 0.3 is 0 Å². The summed E-state index contributed by atoms with van der Waals surface area (Å²) in [5.74, 6) is 0.0672. The average molecular weight is 414 g/mol. The van der Waals surface area contributed by atoms with Crippen LogP contribution in [0.5, 0.6) is 17.2 Å². The summed E-state index contributed by atoms with van der Waals surface area (Å²) < 4.78 is 21.8. The zero-order valence-corrected chi connectivity index (χ0v) is 16.7. The van der Waals surface area contributed by atoms with Crippen LogP contribution in [0.25, 0.3) is 0 Å². The first-order chi connectivity index (χ1) is 14.5. The zero-order chi connectivity index (χ0) is 21.7. The van der Waals surface area contributed by atoms with Gasteiger partial charge in [0, 0.05) is 12.3 Å². The number of anilines is 1. The molecule has 9 heteroatoms. The number of rotatable bonds is 8. The molecule has 0 radical (unpaired) electrons. The number of pyridine rings is 1. The molecule has 3 rings (SSSR count). The molecule has 1 aromatic carbocycles. The van der Waals surface area contributed by atoms with E-state index in [0.717, 1.165) is 6.08 Å². The molecule has 0 fully saturated rings. The second-order valence-electron chi connectivity index (χ2n) is 6.33. The van der Waals surface area contributed by atoms with Crippen LogP contribution in [-0.2, 0) is 14.3 Å². The third-order valence-electron chi connectivity index (χ3n) is 4.54. The molecule has 0 bridgehead atoms. The van der Waals surface area contributed by atoms with Gasteiger partial charge in [0.15, 0.2) is 17.6 Å². The van der Waals surface area contributed by atoms with E-state index >= 15 is 0 Å². The smallest absolute Gasteiger partial charge is 0.245 e. The number of carbonyl (C=O) groups is 2. The molecule has 0 amide bonds. The number of hydrogen-bond donors (Lipinski definition) is 2. The SMILES string of the molecule is COc1cc(C(Nc2ccccn2)C2OC(CO)=CC(=O)C2=O)cc(OC)c1OC. The molecule has 158 valence electrons. The Morgan fingerprint density at radius 1 is 1.13 bits per heavy atom. The van der Waals surface area contributed by atoms with Crippen molar-refractivity contribution in [1.82, 2.24) is 4.98 Å². The van der Waals surface area contributed by atoms with Crippen LogP contribution in [0.2, 0.25) is 0 Å². The topological polar surface area (TPSA) is 116 Å². The van der Waals surface area contributed by atoms with Crippen LogP contribution < -0.4 is 19.5 Å². The van der Waals surface area contributed by atoms with Crippen molar-refractivity contribution in [3.05, 3.63) is 53.9 Å². The highest BCUT2D eigenvalue weighted by Crippen LogP contribution is 2.41. The maximum Gasteiger partial charge on any atom is 0.245 e. The van der Waals surface area contributed by atoms with E-state index in [1.54, 1.807) is 36.5 Å². The van der Waals surface area contributed by atoms with Gasteiger partial charge in [-0.3, -0.25) is 9.59 Å². The van der Waals surface area contributed by atoms with Gasteiger partial charge in [-0.15, -0.1) is 0 Å². The maximum atomic E-state index is 12.7. The van der Waals surface area contributed by atoms with Gasteiger partial charge in [0.1, 0.15) is 18.2 Å². The summed E-state index contributed by atoms with van der Waals surface area (Å²) in [7, 11) is 4.43. The number of ketones is 2. The van der Waals surface area contributed by atoms with Crippen molar-refractivity contribution in [2.24, 2.45) is 0 Å². The monoisotopic (exact) mass is 414 g/mol. The van der Waals surface area contributed by atoms with Gasteiger partial charge in [0.25, 0.3) is 0 Å². The van der Waals surface area contributed by atoms with Crippen LogP contribution in [0.1, 0.15) is 11.6 Å². The number of ether oxygens (including phenoxy) is 4. The lowest BCUT2D eigenvalue weighted by Crippen LogP contribution is -2.42. The Morgan fingerprint density at radius 3 is 2.37 bits per heavy atom. The van der Waals surface area contributed by atoms with Gasteiger partial charge in [0.2, 0.25) is 17.3 Å². The molecule has 1 aromatic heterocycles. The van der Waals surface area contributed by atoms with Gasteiger partial charge < -0.3 is 29.4 Å². The number of aliphatic hydroxyl groups is 1. The molecule has 2 unspecified atom stereocenters. The van der Waals surface area contributed by atoms with Crippen molar-refractivity contribution in [2.45, 2.75) is 12.1 Å². The lowest BCUT2D eigenvalue weighted by Gasteiger charge is -2.31. The number of Topliss-reactive ketones (excluding diaryl/α,β-unsaturated/α-hetero) is 1. The number of methoxy groups -OCH3 is 3. The van der Waals surface area contributed by atoms with Crippen molar-refractivity contribution < 1.29 is 33.6 Å². The summed E-state index contributed by atoms with van der Waals surface area (Å²) in [5.41, 5.74) is 0.528. The standard InChI is InChI=1S/C21H22N2O7/c1-27-15-8-12(9-16(28-2)20(15)29-3)18(23-17-6-4-5-7-22-17)21-19(26)14(25)10-13(11-24)30-21/h4-10,18,21,24H,11H2,1-3H3,(H,22,23). The molecule has 1 aliphatic rings. The number of carbonyl (C=O) groups excluding carboxylic acids is 2. The van der Waals surface area contributed by atoms with Crippen molar-refractivity contribution in [2.75, 3.05) is 33.3 Å². The van der Waals surface area contributed by atoms with Crippen LogP contribution in [-0.4, -0.2) is 55.7 Å². The normalized spacial score (nSPS) is 16.9. The fourth-order valence-corrected chi connectivity index (χ4v) is 3.13. The molecule has 0 saturated heterocycles. The Morgan fingerprint density at radius 2 is 1.83 bits per heavy atom. The fraction of sp³-hybridized carbons (Fsp3) is 0.286. The summed E-state index contributed by atoms with van der Waals surface area (Å²) in [6.07, 6.45) is 1.34. The summed E-state index contributed by atoms with van der Waals surface area (Å²) in [6, 6.07) is 7.69. The molecular weight excluding hydrogens is 392 g/mol. The largest absolute Gasteiger partial charge is 0.493 e. The average Bonchev–Trinajstić information content (AvgIpc) is 2.79.